The third kappa shape index (κ3) is 3.30. The van der Waals surface area contributed by atoms with Crippen LogP contribution in [0.4, 0.5) is 4.39 Å². The van der Waals surface area contributed by atoms with Crippen LogP contribution in [0.2, 0.25) is 0 Å². The molecule has 0 fully saturated rings. The maximum absolute atomic E-state index is 13.8. The van der Waals surface area contributed by atoms with Crippen LogP contribution >= 0.6 is 0 Å². The summed E-state index contributed by atoms with van der Waals surface area (Å²) < 4.78 is 56.5. The Morgan fingerprint density at radius 3 is 2.83 bits per heavy atom. The van der Waals surface area contributed by atoms with Crippen LogP contribution in [0.15, 0.2) is 41.3 Å². The molecular formula is C16H15FO5S. The lowest BCUT2D eigenvalue weighted by Crippen LogP contribution is -2.31. The van der Waals surface area contributed by atoms with Gasteiger partial charge in [0, 0.05) is 6.42 Å². The van der Waals surface area contributed by atoms with E-state index in [0.29, 0.717) is 17.7 Å². The minimum absolute atomic E-state index is 0.0623. The second-order valence-electron chi connectivity index (χ2n) is 5.39. The molecule has 0 aromatic heterocycles. The molecule has 2 aromatic carbocycles. The number of ether oxygens (including phenoxy) is 2. The summed E-state index contributed by atoms with van der Waals surface area (Å²) in [6, 6.07) is 8.79. The SMILES string of the molecule is Cc1ccc(S(=O)(=O)O)cc1CC1COc2cccc(F)c2O1. The molecule has 1 N–H and O–H groups in total. The normalized spacial score (nSPS) is 17.1. The molecule has 5 nitrogen and oxygen atoms in total. The van der Waals surface area contributed by atoms with E-state index in [1.165, 1.54) is 24.3 Å². The molecule has 7 heteroatoms. The lowest BCUT2D eigenvalue weighted by molar-refractivity contribution is 0.0857. The lowest BCUT2D eigenvalue weighted by atomic mass is 10.0. The smallest absolute Gasteiger partial charge is 0.294 e. The summed E-state index contributed by atoms with van der Waals surface area (Å²) >= 11 is 0. The summed E-state index contributed by atoms with van der Waals surface area (Å²) in [5.41, 5.74) is 1.54. The maximum atomic E-state index is 13.8. The second kappa shape index (κ2) is 5.82. The minimum atomic E-state index is -4.27. The number of benzene rings is 2. The van der Waals surface area contributed by atoms with Gasteiger partial charge >= 0.3 is 0 Å². The van der Waals surface area contributed by atoms with Gasteiger partial charge in [0.1, 0.15) is 12.7 Å². The first-order valence-electron chi connectivity index (χ1n) is 6.99. The summed E-state index contributed by atoms with van der Waals surface area (Å²) in [6.45, 7) is 2.05. The van der Waals surface area contributed by atoms with Crippen molar-refractivity contribution in [1.82, 2.24) is 0 Å². The Kier molecular flexibility index (Phi) is 3.99. The van der Waals surface area contributed by atoms with Crippen molar-refractivity contribution in [3.8, 4) is 11.5 Å². The molecule has 23 heavy (non-hydrogen) atoms. The fourth-order valence-electron chi connectivity index (χ4n) is 2.47. The predicted molar refractivity (Wildman–Crippen MR) is 81.0 cm³/mol. The molecule has 0 spiro atoms. The van der Waals surface area contributed by atoms with E-state index in [1.807, 2.05) is 6.92 Å². The van der Waals surface area contributed by atoms with Crippen molar-refractivity contribution in [3.05, 3.63) is 53.3 Å². The van der Waals surface area contributed by atoms with Gasteiger partial charge in [-0.15, -0.1) is 0 Å². The molecule has 2 aromatic rings. The molecule has 3 rings (SSSR count). The Morgan fingerprint density at radius 2 is 2.09 bits per heavy atom. The largest absolute Gasteiger partial charge is 0.486 e. The average Bonchev–Trinajstić information content (AvgIpc) is 2.49. The molecule has 1 aliphatic rings. The Morgan fingerprint density at radius 1 is 1.30 bits per heavy atom. The molecule has 122 valence electrons. The molecule has 0 radical (unpaired) electrons. The van der Waals surface area contributed by atoms with E-state index in [-0.39, 0.29) is 17.3 Å². The molecule has 0 amide bonds. The van der Waals surface area contributed by atoms with Gasteiger partial charge in [0.05, 0.1) is 4.90 Å². The van der Waals surface area contributed by atoms with Crippen LogP contribution in [-0.4, -0.2) is 25.7 Å². The van der Waals surface area contributed by atoms with E-state index in [1.54, 1.807) is 12.1 Å². The van der Waals surface area contributed by atoms with Gasteiger partial charge in [-0.05, 0) is 42.3 Å². The Balaban J connectivity index is 1.85. The van der Waals surface area contributed by atoms with Crippen LogP contribution in [-0.2, 0) is 16.5 Å². The van der Waals surface area contributed by atoms with E-state index < -0.39 is 22.0 Å². The standard InChI is InChI=1S/C16H15FO5S/c1-10-5-6-13(23(18,19)20)8-11(10)7-12-9-21-15-4-2-3-14(17)16(15)22-12/h2-6,8,12H,7,9H2,1H3,(H,18,19,20). The first kappa shape index (κ1) is 15.8. The van der Waals surface area contributed by atoms with Gasteiger partial charge in [0.2, 0.25) is 0 Å². The highest BCUT2D eigenvalue weighted by molar-refractivity contribution is 7.85. The van der Waals surface area contributed by atoms with Gasteiger partial charge in [-0.25, -0.2) is 4.39 Å². The fourth-order valence-corrected chi connectivity index (χ4v) is 3.01. The average molecular weight is 338 g/mol. The molecule has 0 saturated heterocycles. The maximum Gasteiger partial charge on any atom is 0.294 e. The van der Waals surface area contributed by atoms with E-state index in [9.17, 15) is 12.8 Å². The van der Waals surface area contributed by atoms with Crippen LogP contribution in [0.5, 0.6) is 11.5 Å². The third-order valence-corrected chi connectivity index (χ3v) is 4.56. The van der Waals surface area contributed by atoms with Gasteiger partial charge in [0.25, 0.3) is 10.1 Å². The van der Waals surface area contributed by atoms with Crippen molar-refractivity contribution < 1.29 is 26.8 Å². The quantitative estimate of drug-likeness (QED) is 0.871. The van der Waals surface area contributed by atoms with E-state index >= 15 is 0 Å². The fraction of sp³-hybridized carbons (Fsp3) is 0.250. The van der Waals surface area contributed by atoms with Gasteiger partial charge in [-0.3, -0.25) is 4.55 Å². The van der Waals surface area contributed by atoms with Gasteiger partial charge in [-0.2, -0.15) is 8.42 Å². The molecule has 1 unspecified atom stereocenters. The van der Waals surface area contributed by atoms with Gasteiger partial charge in [-0.1, -0.05) is 12.1 Å². The zero-order valence-corrected chi connectivity index (χ0v) is 13.1. The summed E-state index contributed by atoms with van der Waals surface area (Å²) in [6.07, 6.45) is -0.113. The van der Waals surface area contributed by atoms with Gasteiger partial charge < -0.3 is 9.47 Å². The summed E-state index contributed by atoms with van der Waals surface area (Å²) in [4.78, 5) is -0.179. The Bertz CT molecular complexity index is 848. The first-order chi connectivity index (χ1) is 10.8. The highest BCUT2D eigenvalue weighted by Crippen LogP contribution is 2.34. The van der Waals surface area contributed by atoms with Crippen molar-refractivity contribution in [2.24, 2.45) is 0 Å². The van der Waals surface area contributed by atoms with Crippen molar-refractivity contribution in [2.45, 2.75) is 24.3 Å². The highest BCUT2D eigenvalue weighted by atomic mass is 32.2. The monoisotopic (exact) mass is 338 g/mol. The Hall–Kier alpha value is -2.12. The number of halogens is 1. The lowest BCUT2D eigenvalue weighted by Gasteiger charge is -2.27. The number of fused-ring (bicyclic) bond motifs is 1. The van der Waals surface area contributed by atoms with E-state index in [4.69, 9.17) is 14.0 Å². The third-order valence-electron chi connectivity index (χ3n) is 3.71. The first-order valence-corrected chi connectivity index (χ1v) is 8.43. The molecule has 0 saturated carbocycles. The number of aryl methyl sites for hydroxylation is 1. The van der Waals surface area contributed by atoms with Crippen LogP contribution in [0.3, 0.4) is 0 Å². The Labute approximate surface area is 133 Å². The predicted octanol–water partition coefficient (Wildman–Crippen LogP) is 2.76. The summed E-state index contributed by atoms with van der Waals surface area (Å²) in [7, 11) is -4.27. The van der Waals surface area contributed by atoms with Crippen molar-refractivity contribution in [2.75, 3.05) is 6.61 Å². The molecular weight excluding hydrogens is 323 g/mol. The second-order valence-corrected chi connectivity index (χ2v) is 6.81. The van der Waals surface area contributed by atoms with Crippen molar-refractivity contribution in [1.29, 1.82) is 0 Å². The van der Waals surface area contributed by atoms with E-state index in [2.05, 4.69) is 0 Å². The van der Waals surface area contributed by atoms with Crippen molar-refractivity contribution in [3.63, 3.8) is 0 Å². The minimum Gasteiger partial charge on any atom is -0.486 e. The van der Waals surface area contributed by atoms with Crippen LogP contribution in [0.1, 0.15) is 11.1 Å². The number of hydrogen-bond acceptors (Lipinski definition) is 4. The van der Waals surface area contributed by atoms with Crippen LogP contribution < -0.4 is 9.47 Å². The molecule has 1 aliphatic heterocycles. The highest BCUT2D eigenvalue weighted by Gasteiger charge is 2.25. The zero-order valence-electron chi connectivity index (χ0n) is 12.3. The van der Waals surface area contributed by atoms with Crippen LogP contribution in [0.25, 0.3) is 0 Å². The molecule has 0 bridgehead atoms. The number of hydrogen-bond donors (Lipinski definition) is 1. The van der Waals surface area contributed by atoms with Crippen molar-refractivity contribution >= 4 is 10.1 Å². The summed E-state index contributed by atoms with van der Waals surface area (Å²) in [5.74, 6) is -0.0902. The van der Waals surface area contributed by atoms with Gasteiger partial charge in [0.15, 0.2) is 17.3 Å². The van der Waals surface area contributed by atoms with E-state index in [0.717, 1.165) is 5.56 Å². The molecule has 0 aliphatic carbocycles. The number of rotatable bonds is 3. The number of para-hydroxylation sites is 1. The molecule has 1 heterocycles. The van der Waals surface area contributed by atoms with Crippen LogP contribution in [0, 0.1) is 12.7 Å². The molecule has 1 atom stereocenters. The summed E-state index contributed by atoms with van der Waals surface area (Å²) in [5, 5.41) is 0. The topological polar surface area (TPSA) is 72.8 Å². The zero-order chi connectivity index (χ0) is 16.6.